The maximum Gasteiger partial charge on any atom is 0.157 e. The zero-order valence-corrected chi connectivity index (χ0v) is 12.8. The Morgan fingerprint density at radius 2 is 1.58 bits per heavy atom. The minimum Gasteiger partial charge on any atom is -0.368 e. The Labute approximate surface area is 118 Å². The average Bonchev–Trinajstić information content (AvgIpc) is 2.43. The van der Waals surface area contributed by atoms with E-state index in [1.807, 2.05) is 0 Å². The summed E-state index contributed by atoms with van der Waals surface area (Å²) in [5, 5.41) is 10.1. The molecule has 0 amide bonds. The van der Waals surface area contributed by atoms with Crippen LogP contribution in [-0.2, 0) is 4.74 Å². The Morgan fingerprint density at radius 1 is 0.895 bits per heavy atom. The first kappa shape index (κ1) is 15.3. The van der Waals surface area contributed by atoms with Gasteiger partial charge in [0.2, 0.25) is 0 Å². The van der Waals surface area contributed by atoms with Gasteiger partial charge in [0.1, 0.15) is 0 Å². The van der Waals surface area contributed by atoms with E-state index >= 15 is 0 Å². The highest BCUT2D eigenvalue weighted by Crippen LogP contribution is 2.39. The second kappa shape index (κ2) is 7.64. The molecule has 2 aliphatic rings. The quantitative estimate of drug-likeness (QED) is 0.795. The van der Waals surface area contributed by atoms with Gasteiger partial charge < -0.3 is 9.84 Å². The number of rotatable bonds is 5. The minimum atomic E-state index is -0.493. The topological polar surface area (TPSA) is 29.5 Å². The fourth-order valence-corrected chi connectivity index (χ4v) is 4.14. The highest BCUT2D eigenvalue weighted by atomic mass is 16.6. The second-order valence-corrected chi connectivity index (χ2v) is 6.76. The van der Waals surface area contributed by atoms with Gasteiger partial charge in [-0.15, -0.1) is 0 Å². The summed E-state index contributed by atoms with van der Waals surface area (Å²) in [5.74, 6) is 2.06. The molecule has 2 nitrogen and oxygen atoms in total. The van der Waals surface area contributed by atoms with Crippen LogP contribution in [0.2, 0.25) is 0 Å². The van der Waals surface area contributed by atoms with Gasteiger partial charge in [-0.05, 0) is 43.9 Å². The summed E-state index contributed by atoms with van der Waals surface area (Å²) in [6.45, 7) is 4.48. The Hall–Kier alpha value is -0.0800. The largest absolute Gasteiger partial charge is 0.368 e. The molecule has 1 N–H and O–H groups in total. The Morgan fingerprint density at radius 3 is 2.16 bits per heavy atom. The summed E-state index contributed by atoms with van der Waals surface area (Å²) < 4.78 is 5.94. The van der Waals surface area contributed by atoms with Gasteiger partial charge in [-0.25, -0.2) is 0 Å². The molecule has 1 saturated carbocycles. The second-order valence-electron chi connectivity index (χ2n) is 6.76. The Bertz CT molecular complexity index is 246. The number of ether oxygens (including phenoxy) is 1. The van der Waals surface area contributed by atoms with Crippen LogP contribution in [0.5, 0.6) is 0 Å². The molecule has 1 aliphatic heterocycles. The summed E-state index contributed by atoms with van der Waals surface area (Å²) in [6, 6.07) is 0. The van der Waals surface area contributed by atoms with Crippen molar-refractivity contribution < 1.29 is 9.84 Å². The van der Waals surface area contributed by atoms with Crippen LogP contribution in [0.4, 0.5) is 0 Å². The molecule has 3 unspecified atom stereocenters. The third-order valence-electron chi connectivity index (χ3n) is 5.31. The zero-order valence-electron chi connectivity index (χ0n) is 12.8. The van der Waals surface area contributed by atoms with Gasteiger partial charge in [0.15, 0.2) is 6.29 Å². The Kier molecular flexibility index (Phi) is 6.15. The number of hydrogen-bond acceptors (Lipinski definition) is 2. The molecule has 0 spiro atoms. The lowest BCUT2D eigenvalue weighted by molar-refractivity contribution is -0.210. The van der Waals surface area contributed by atoms with Crippen LogP contribution in [0, 0.1) is 17.8 Å². The first-order valence-electron chi connectivity index (χ1n) is 8.58. The molecule has 0 aromatic carbocycles. The van der Waals surface area contributed by atoms with E-state index in [1.165, 1.54) is 44.9 Å². The van der Waals surface area contributed by atoms with Crippen LogP contribution < -0.4 is 0 Å². The molecule has 2 fully saturated rings. The molecule has 0 radical (unpaired) electrons. The van der Waals surface area contributed by atoms with Gasteiger partial charge in [0, 0.05) is 5.92 Å². The molecule has 1 aliphatic carbocycles. The van der Waals surface area contributed by atoms with Crippen molar-refractivity contribution in [2.24, 2.45) is 17.8 Å². The van der Waals surface area contributed by atoms with Crippen molar-refractivity contribution in [3.63, 3.8) is 0 Å². The molecular formula is C17H32O2. The molecule has 1 heterocycles. The predicted octanol–water partition coefficient (Wildman–Crippen LogP) is 4.51. The van der Waals surface area contributed by atoms with Crippen molar-refractivity contribution in [2.45, 2.75) is 90.4 Å². The van der Waals surface area contributed by atoms with Gasteiger partial charge in [-0.1, -0.05) is 46.0 Å². The predicted molar refractivity (Wildman–Crippen MR) is 78.9 cm³/mol. The molecule has 2 heteroatoms. The smallest absolute Gasteiger partial charge is 0.157 e. The van der Waals surface area contributed by atoms with Crippen LogP contribution in [0.1, 0.15) is 78.1 Å². The molecule has 0 aromatic heterocycles. The maximum absolute atomic E-state index is 10.1. The van der Waals surface area contributed by atoms with Crippen molar-refractivity contribution in [3.05, 3.63) is 0 Å². The summed E-state index contributed by atoms with van der Waals surface area (Å²) in [4.78, 5) is 0. The minimum absolute atomic E-state index is 0.339. The SMILES string of the molecule is CCCC1CCC(C2CCC(CCC)C(O)O2)CC1. The molecule has 0 bridgehead atoms. The van der Waals surface area contributed by atoms with Crippen molar-refractivity contribution in [3.8, 4) is 0 Å². The van der Waals surface area contributed by atoms with Crippen molar-refractivity contribution >= 4 is 0 Å². The molecule has 3 atom stereocenters. The molecule has 112 valence electrons. The van der Waals surface area contributed by atoms with E-state index in [-0.39, 0.29) is 0 Å². The lowest BCUT2D eigenvalue weighted by Crippen LogP contribution is -2.39. The first-order chi connectivity index (χ1) is 9.24. The third kappa shape index (κ3) is 4.19. The fraction of sp³-hybridized carbons (Fsp3) is 1.00. The molecule has 2 rings (SSSR count). The molecule has 0 aromatic rings. The van der Waals surface area contributed by atoms with Crippen LogP contribution in [-0.4, -0.2) is 17.5 Å². The fourth-order valence-electron chi connectivity index (χ4n) is 4.14. The lowest BCUT2D eigenvalue weighted by Gasteiger charge is -2.40. The molecule has 1 saturated heterocycles. The monoisotopic (exact) mass is 268 g/mol. The molecule has 19 heavy (non-hydrogen) atoms. The standard InChI is InChI=1S/C17H32O2/c1-3-5-13-7-9-14(10-8-13)16-12-11-15(6-4-2)17(18)19-16/h13-18H,3-12H2,1-2H3. The number of aliphatic hydroxyl groups is 1. The summed E-state index contributed by atoms with van der Waals surface area (Å²) in [5.41, 5.74) is 0. The van der Waals surface area contributed by atoms with Gasteiger partial charge in [0.05, 0.1) is 6.10 Å². The van der Waals surface area contributed by atoms with Crippen LogP contribution in [0.3, 0.4) is 0 Å². The van der Waals surface area contributed by atoms with Crippen LogP contribution in [0.25, 0.3) is 0 Å². The Balaban J connectivity index is 1.75. The van der Waals surface area contributed by atoms with Gasteiger partial charge in [-0.3, -0.25) is 0 Å². The van der Waals surface area contributed by atoms with Crippen LogP contribution >= 0.6 is 0 Å². The van der Waals surface area contributed by atoms with E-state index in [0.29, 0.717) is 17.9 Å². The highest BCUT2D eigenvalue weighted by molar-refractivity contribution is 4.82. The van der Waals surface area contributed by atoms with Gasteiger partial charge in [-0.2, -0.15) is 0 Å². The van der Waals surface area contributed by atoms with Gasteiger partial charge in [0.25, 0.3) is 0 Å². The summed E-state index contributed by atoms with van der Waals surface area (Å²) >= 11 is 0. The van der Waals surface area contributed by atoms with Crippen molar-refractivity contribution in [2.75, 3.05) is 0 Å². The molecular weight excluding hydrogens is 236 g/mol. The number of aliphatic hydroxyl groups excluding tert-OH is 1. The number of hydrogen-bond donors (Lipinski definition) is 1. The average molecular weight is 268 g/mol. The normalized spacial score (nSPS) is 40.3. The summed E-state index contributed by atoms with van der Waals surface area (Å²) in [7, 11) is 0. The van der Waals surface area contributed by atoms with E-state index in [4.69, 9.17) is 4.74 Å². The maximum atomic E-state index is 10.1. The first-order valence-corrected chi connectivity index (χ1v) is 8.58. The van der Waals surface area contributed by atoms with Gasteiger partial charge >= 0.3 is 0 Å². The van der Waals surface area contributed by atoms with Crippen molar-refractivity contribution in [1.29, 1.82) is 0 Å². The third-order valence-corrected chi connectivity index (χ3v) is 5.31. The van der Waals surface area contributed by atoms with E-state index in [1.54, 1.807) is 0 Å². The van der Waals surface area contributed by atoms with E-state index < -0.39 is 6.29 Å². The highest BCUT2D eigenvalue weighted by Gasteiger charge is 2.35. The zero-order chi connectivity index (χ0) is 13.7. The van der Waals surface area contributed by atoms with E-state index in [9.17, 15) is 5.11 Å². The van der Waals surface area contributed by atoms with E-state index in [0.717, 1.165) is 25.2 Å². The summed E-state index contributed by atoms with van der Waals surface area (Å²) in [6.07, 6.45) is 12.6. The van der Waals surface area contributed by atoms with Crippen LogP contribution in [0.15, 0.2) is 0 Å². The van der Waals surface area contributed by atoms with E-state index in [2.05, 4.69) is 13.8 Å². The van der Waals surface area contributed by atoms with Crippen molar-refractivity contribution in [1.82, 2.24) is 0 Å². The lowest BCUT2D eigenvalue weighted by atomic mass is 9.75.